The first kappa shape index (κ1) is 14.2. The minimum absolute atomic E-state index is 0.603. The largest absolute Gasteiger partial charge is 0.493 e. The molecule has 0 spiro atoms. The minimum Gasteiger partial charge on any atom is -0.493 e. The van der Waals surface area contributed by atoms with E-state index in [9.17, 15) is 0 Å². The number of hydrogen-bond acceptors (Lipinski definition) is 3. The van der Waals surface area contributed by atoms with Crippen molar-refractivity contribution in [3.8, 4) is 11.5 Å². The van der Waals surface area contributed by atoms with Crippen molar-refractivity contribution < 1.29 is 9.47 Å². The molecule has 19 heavy (non-hydrogen) atoms. The SMILES string of the molecule is CCOc1ccc(CNC(C)C2CCC2)cc1OC. The molecular weight excluding hydrogens is 238 g/mol. The summed E-state index contributed by atoms with van der Waals surface area (Å²) in [7, 11) is 1.69. The number of nitrogens with one attached hydrogen (secondary N) is 1. The Hall–Kier alpha value is -1.22. The fraction of sp³-hybridized carbons (Fsp3) is 0.625. The van der Waals surface area contributed by atoms with E-state index in [1.165, 1.54) is 24.8 Å². The Morgan fingerprint density at radius 2 is 2.11 bits per heavy atom. The van der Waals surface area contributed by atoms with Crippen LogP contribution in [0.2, 0.25) is 0 Å². The number of hydrogen-bond donors (Lipinski definition) is 1. The Morgan fingerprint density at radius 3 is 2.68 bits per heavy atom. The summed E-state index contributed by atoms with van der Waals surface area (Å²) in [5, 5.41) is 3.61. The highest BCUT2D eigenvalue weighted by Gasteiger charge is 2.23. The summed E-state index contributed by atoms with van der Waals surface area (Å²) in [6, 6.07) is 6.76. The van der Waals surface area contributed by atoms with Gasteiger partial charge in [-0.15, -0.1) is 0 Å². The van der Waals surface area contributed by atoms with Gasteiger partial charge in [0.15, 0.2) is 11.5 Å². The van der Waals surface area contributed by atoms with E-state index < -0.39 is 0 Å². The van der Waals surface area contributed by atoms with Crippen LogP contribution in [0.3, 0.4) is 0 Å². The molecule has 1 aromatic rings. The van der Waals surface area contributed by atoms with Crippen LogP contribution in [-0.2, 0) is 6.54 Å². The lowest BCUT2D eigenvalue weighted by atomic mass is 9.80. The molecule has 106 valence electrons. The zero-order valence-electron chi connectivity index (χ0n) is 12.2. The van der Waals surface area contributed by atoms with E-state index in [1.807, 2.05) is 13.0 Å². The molecule has 0 radical (unpaired) electrons. The summed E-state index contributed by atoms with van der Waals surface area (Å²) < 4.78 is 10.9. The van der Waals surface area contributed by atoms with Crippen molar-refractivity contribution in [1.29, 1.82) is 0 Å². The van der Waals surface area contributed by atoms with E-state index >= 15 is 0 Å². The highest BCUT2D eigenvalue weighted by atomic mass is 16.5. The zero-order valence-corrected chi connectivity index (χ0v) is 12.2. The molecule has 1 aromatic carbocycles. The van der Waals surface area contributed by atoms with E-state index in [0.717, 1.165) is 24.0 Å². The van der Waals surface area contributed by atoms with Gasteiger partial charge in [0.2, 0.25) is 0 Å². The fourth-order valence-corrected chi connectivity index (χ4v) is 2.48. The Bertz CT molecular complexity index is 402. The molecule has 3 heteroatoms. The first-order chi connectivity index (χ1) is 9.24. The van der Waals surface area contributed by atoms with Crippen LogP contribution in [0.15, 0.2) is 18.2 Å². The lowest BCUT2D eigenvalue weighted by Crippen LogP contribution is -2.36. The summed E-state index contributed by atoms with van der Waals surface area (Å²) in [6.07, 6.45) is 4.15. The van der Waals surface area contributed by atoms with Crippen LogP contribution in [0, 0.1) is 5.92 Å². The van der Waals surface area contributed by atoms with Gasteiger partial charge in [0.25, 0.3) is 0 Å². The minimum atomic E-state index is 0.603. The van der Waals surface area contributed by atoms with Gasteiger partial charge >= 0.3 is 0 Å². The molecule has 3 nitrogen and oxygen atoms in total. The van der Waals surface area contributed by atoms with Gasteiger partial charge in [0.1, 0.15) is 0 Å². The predicted octanol–water partition coefficient (Wildman–Crippen LogP) is 3.37. The monoisotopic (exact) mass is 263 g/mol. The lowest BCUT2D eigenvalue weighted by Gasteiger charge is -2.32. The van der Waals surface area contributed by atoms with E-state index in [2.05, 4.69) is 24.4 Å². The topological polar surface area (TPSA) is 30.5 Å². The fourth-order valence-electron chi connectivity index (χ4n) is 2.48. The molecule has 0 saturated heterocycles. The van der Waals surface area contributed by atoms with Crippen LogP contribution in [-0.4, -0.2) is 19.8 Å². The Kier molecular flexibility index (Phi) is 5.08. The predicted molar refractivity (Wildman–Crippen MR) is 77.8 cm³/mol. The number of ether oxygens (including phenoxy) is 2. The molecule has 1 saturated carbocycles. The van der Waals surface area contributed by atoms with Crippen LogP contribution in [0.4, 0.5) is 0 Å². The molecule has 0 aromatic heterocycles. The average molecular weight is 263 g/mol. The highest BCUT2D eigenvalue weighted by Crippen LogP contribution is 2.30. The normalized spacial score (nSPS) is 16.8. The first-order valence-electron chi connectivity index (χ1n) is 7.27. The molecule has 1 atom stereocenters. The highest BCUT2D eigenvalue weighted by molar-refractivity contribution is 5.42. The standard InChI is InChI=1S/C16H25NO2/c1-4-19-15-9-8-13(10-16(15)18-3)11-17-12(2)14-6-5-7-14/h8-10,12,14,17H,4-7,11H2,1-3H3. The van der Waals surface area contributed by atoms with Gasteiger partial charge in [0.05, 0.1) is 13.7 Å². The second-order valence-electron chi connectivity index (χ2n) is 5.28. The molecular formula is C16H25NO2. The Morgan fingerprint density at radius 1 is 1.32 bits per heavy atom. The molecule has 1 aliphatic carbocycles. The van der Waals surface area contributed by atoms with Crippen molar-refractivity contribution in [3.05, 3.63) is 23.8 Å². The van der Waals surface area contributed by atoms with Crippen molar-refractivity contribution >= 4 is 0 Å². The molecule has 0 aliphatic heterocycles. The van der Waals surface area contributed by atoms with Gasteiger partial charge in [-0.2, -0.15) is 0 Å². The van der Waals surface area contributed by atoms with Crippen LogP contribution < -0.4 is 14.8 Å². The summed E-state index contributed by atoms with van der Waals surface area (Å²) in [4.78, 5) is 0. The third-order valence-electron chi connectivity index (χ3n) is 4.01. The molecule has 1 aliphatic rings. The third kappa shape index (κ3) is 3.63. The van der Waals surface area contributed by atoms with Crippen molar-refractivity contribution in [2.24, 2.45) is 5.92 Å². The third-order valence-corrected chi connectivity index (χ3v) is 4.01. The Balaban J connectivity index is 1.92. The van der Waals surface area contributed by atoms with Crippen LogP contribution in [0.1, 0.15) is 38.7 Å². The van der Waals surface area contributed by atoms with Gasteiger partial charge in [-0.3, -0.25) is 0 Å². The quantitative estimate of drug-likeness (QED) is 0.818. The number of methoxy groups -OCH3 is 1. The van der Waals surface area contributed by atoms with E-state index in [4.69, 9.17) is 9.47 Å². The van der Waals surface area contributed by atoms with Crippen molar-refractivity contribution in [2.45, 2.75) is 45.7 Å². The lowest BCUT2D eigenvalue weighted by molar-refractivity contribution is 0.240. The summed E-state index contributed by atoms with van der Waals surface area (Å²) in [5.74, 6) is 2.50. The van der Waals surface area contributed by atoms with Crippen LogP contribution in [0.25, 0.3) is 0 Å². The van der Waals surface area contributed by atoms with Crippen molar-refractivity contribution in [3.63, 3.8) is 0 Å². The number of benzene rings is 1. The van der Waals surface area contributed by atoms with E-state index in [1.54, 1.807) is 7.11 Å². The van der Waals surface area contributed by atoms with Gasteiger partial charge in [-0.25, -0.2) is 0 Å². The number of rotatable bonds is 7. The summed E-state index contributed by atoms with van der Waals surface area (Å²) in [6.45, 7) is 5.82. The van der Waals surface area contributed by atoms with Gasteiger partial charge < -0.3 is 14.8 Å². The smallest absolute Gasteiger partial charge is 0.161 e. The summed E-state index contributed by atoms with van der Waals surface area (Å²) in [5.41, 5.74) is 1.24. The molecule has 2 rings (SSSR count). The van der Waals surface area contributed by atoms with Crippen LogP contribution in [0.5, 0.6) is 11.5 Å². The second-order valence-corrected chi connectivity index (χ2v) is 5.28. The maximum atomic E-state index is 5.53. The van der Waals surface area contributed by atoms with Crippen LogP contribution >= 0.6 is 0 Å². The van der Waals surface area contributed by atoms with Gasteiger partial charge in [0, 0.05) is 12.6 Å². The molecule has 0 bridgehead atoms. The molecule has 1 fully saturated rings. The van der Waals surface area contributed by atoms with E-state index in [-0.39, 0.29) is 0 Å². The van der Waals surface area contributed by atoms with E-state index in [0.29, 0.717) is 12.6 Å². The first-order valence-corrected chi connectivity index (χ1v) is 7.27. The molecule has 1 unspecified atom stereocenters. The van der Waals surface area contributed by atoms with Gasteiger partial charge in [-0.05, 0) is 50.3 Å². The van der Waals surface area contributed by atoms with Crippen molar-refractivity contribution in [2.75, 3.05) is 13.7 Å². The maximum absolute atomic E-state index is 5.53. The van der Waals surface area contributed by atoms with Gasteiger partial charge in [-0.1, -0.05) is 12.5 Å². The molecule has 0 amide bonds. The Labute approximate surface area is 116 Å². The average Bonchev–Trinajstić information content (AvgIpc) is 2.35. The molecule has 0 heterocycles. The summed E-state index contributed by atoms with van der Waals surface area (Å²) >= 11 is 0. The maximum Gasteiger partial charge on any atom is 0.161 e. The van der Waals surface area contributed by atoms with Crippen molar-refractivity contribution in [1.82, 2.24) is 5.32 Å². The zero-order chi connectivity index (χ0) is 13.7. The second kappa shape index (κ2) is 6.80. The molecule has 1 N–H and O–H groups in total.